The lowest BCUT2D eigenvalue weighted by Gasteiger charge is -2.49. The van der Waals surface area contributed by atoms with Gasteiger partial charge in [-0.3, -0.25) is 4.79 Å². The normalized spacial score (nSPS) is 36.6. The van der Waals surface area contributed by atoms with E-state index >= 15 is 0 Å². The Bertz CT molecular complexity index is 523. The van der Waals surface area contributed by atoms with Crippen LogP contribution in [0.25, 0.3) is 0 Å². The monoisotopic (exact) mass is 299 g/mol. The van der Waals surface area contributed by atoms with Crippen LogP contribution in [0.3, 0.4) is 0 Å². The standard InChI is InChI=1S/C19H25NO2/c21-17(12-14-8-5-11-22-14)20-19-16-10-4-9-15(16)18(19)13-6-2-1-3-7-13/h1-3,6-7,14-16,18-19H,4-5,8-12H2,(H,20,21). The number of hydrogen-bond donors (Lipinski definition) is 1. The molecule has 0 spiro atoms. The van der Waals surface area contributed by atoms with E-state index in [0.717, 1.165) is 25.4 Å². The SMILES string of the molecule is O=C(CC1CCCO1)NC1C2CCCC2C1c1ccccc1. The van der Waals surface area contributed by atoms with Crippen LogP contribution in [0.2, 0.25) is 0 Å². The van der Waals surface area contributed by atoms with Gasteiger partial charge in [-0.2, -0.15) is 0 Å². The van der Waals surface area contributed by atoms with Gasteiger partial charge >= 0.3 is 0 Å². The number of hydrogen-bond acceptors (Lipinski definition) is 2. The smallest absolute Gasteiger partial charge is 0.222 e. The summed E-state index contributed by atoms with van der Waals surface area (Å²) in [5.74, 6) is 2.17. The van der Waals surface area contributed by atoms with Crippen LogP contribution in [-0.4, -0.2) is 24.7 Å². The van der Waals surface area contributed by atoms with E-state index in [-0.39, 0.29) is 12.0 Å². The van der Waals surface area contributed by atoms with Crippen LogP contribution in [0.4, 0.5) is 0 Å². The van der Waals surface area contributed by atoms with Crippen LogP contribution >= 0.6 is 0 Å². The number of carbonyl (C=O) groups excluding carboxylic acids is 1. The number of rotatable bonds is 4. The zero-order valence-corrected chi connectivity index (χ0v) is 13.0. The molecule has 2 aliphatic carbocycles. The maximum Gasteiger partial charge on any atom is 0.222 e. The second kappa shape index (κ2) is 6.04. The van der Waals surface area contributed by atoms with Crippen molar-refractivity contribution in [2.24, 2.45) is 11.8 Å². The van der Waals surface area contributed by atoms with Crippen molar-refractivity contribution in [1.82, 2.24) is 5.32 Å². The summed E-state index contributed by atoms with van der Waals surface area (Å²) in [6.07, 6.45) is 6.73. The number of benzene rings is 1. The molecule has 1 heterocycles. The van der Waals surface area contributed by atoms with Crippen LogP contribution in [0, 0.1) is 11.8 Å². The Hall–Kier alpha value is -1.35. The molecule has 5 unspecified atom stereocenters. The summed E-state index contributed by atoms with van der Waals surface area (Å²) in [5.41, 5.74) is 1.40. The van der Waals surface area contributed by atoms with Gasteiger partial charge in [-0.15, -0.1) is 0 Å². The molecule has 0 bridgehead atoms. The fraction of sp³-hybridized carbons (Fsp3) is 0.632. The van der Waals surface area contributed by atoms with Crippen molar-refractivity contribution in [3.8, 4) is 0 Å². The first kappa shape index (κ1) is 14.3. The Morgan fingerprint density at radius 2 is 1.91 bits per heavy atom. The summed E-state index contributed by atoms with van der Waals surface area (Å²) in [6, 6.07) is 11.1. The molecule has 3 fully saturated rings. The molecule has 3 aliphatic rings. The topological polar surface area (TPSA) is 38.3 Å². The highest BCUT2D eigenvalue weighted by Gasteiger charge is 2.53. The van der Waals surface area contributed by atoms with Gasteiger partial charge in [0.05, 0.1) is 12.5 Å². The zero-order chi connectivity index (χ0) is 14.9. The van der Waals surface area contributed by atoms with Gasteiger partial charge in [0.2, 0.25) is 5.91 Å². The lowest BCUT2D eigenvalue weighted by atomic mass is 9.60. The Morgan fingerprint density at radius 1 is 1.09 bits per heavy atom. The molecule has 1 aromatic rings. The molecule has 1 aromatic carbocycles. The van der Waals surface area contributed by atoms with E-state index in [4.69, 9.17) is 4.74 Å². The van der Waals surface area contributed by atoms with Crippen LogP contribution in [0.5, 0.6) is 0 Å². The average molecular weight is 299 g/mol. The maximum absolute atomic E-state index is 12.4. The number of carbonyl (C=O) groups is 1. The third-order valence-electron chi connectivity index (χ3n) is 5.88. The van der Waals surface area contributed by atoms with E-state index in [9.17, 15) is 4.79 Å². The maximum atomic E-state index is 12.4. The van der Waals surface area contributed by atoms with Crippen molar-refractivity contribution in [2.45, 2.75) is 56.6 Å². The first-order valence-electron chi connectivity index (χ1n) is 8.79. The van der Waals surface area contributed by atoms with Crippen molar-refractivity contribution >= 4 is 5.91 Å². The molecule has 22 heavy (non-hydrogen) atoms. The molecule has 1 aliphatic heterocycles. The van der Waals surface area contributed by atoms with E-state index in [1.54, 1.807) is 0 Å². The highest BCUT2D eigenvalue weighted by Crippen LogP contribution is 2.55. The van der Waals surface area contributed by atoms with Crippen molar-refractivity contribution in [2.75, 3.05) is 6.61 Å². The summed E-state index contributed by atoms with van der Waals surface area (Å²) in [7, 11) is 0. The fourth-order valence-corrected chi connectivity index (χ4v) is 4.88. The van der Waals surface area contributed by atoms with Gasteiger partial charge in [-0.25, -0.2) is 0 Å². The molecule has 118 valence electrons. The van der Waals surface area contributed by atoms with Crippen LogP contribution in [0.1, 0.15) is 50.0 Å². The van der Waals surface area contributed by atoms with Gasteiger partial charge in [0, 0.05) is 18.6 Å². The molecule has 1 N–H and O–H groups in total. The molecule has 5 atom stereocenters. The second-order valence-corrected chi connectivity index (χ2v) is 7.13. The molecule has 1 saturated heterocycles. The molecule has 0 radical (unpaired) electrons. The molecular weight excluding hydrogens is 274 g/mol. The number of nitrogens with one attached hydrogen (secondary N) is 1. The van der Waals surface area contributed by atoms with Gasteiger partial charge in [0.15, 0.2) is 0 Å². The highest BCUT2D eigenvalue weighted by atomic mass is 16.5. The molecule has 2 saturated carbocycles. The minimum absolute atomic E-state index is 0.148. The highest BCUT2D eigenvalue weighted by molar-refractivity contribution is 5.77. The first-order chi connectivity index (χ1) is 10.8. The summed E-state index contributed by atoms with van der Waals surface area (Å²) >= 11 is 0. The Morgan fingerprint density at radius 3 is 2.68 bits per heavy atom. The van der Waals surface area contributed by atoms with E-state index in [1.165, 1.54) is 24.8 Å². The minimum Gasteiger partial charge on any atom is -0.378 e. The molecular formula is C19H25NO2. The van der Waals surface area contributed by atoms with Crippen molar-refractivity contribution < 1.29 is 9.53 Å². The third kappa shape index (κ3) is 2.56. The first-order valence-corrected chi connectivity index (χ1v) is 8.79. The van der Waals surface area contributed by atoms with Crippen LogP contribution < -0.4 is 5.32 Å². The molecule has 4 rings (SSSR count). The Labute approximate surface area is 132 Å². The van der Waals surface area contributed by atoms with Crippen LogP contribution in [-0.2, 0) is 9.53 Å². The third-order valence-corrected chi connectivity index (χ3v) is 5.88. The summed E-state index contributed by atoms with van der Waals surface area (Å²) in [5, 5.41) is 3.34. The van der Waals surface area contributed by atoms with E-state index < -0.39 is 0 Å². The Kier molecular flexibility index (Phi) is 3.91. The molecule has 3 nitrogen and oxygen atoms in total. The van der Waals surface area contributed by atoms with Gasteiger partial charge in [-0.1, -0.05) is 36.8 Å². The summed E-state index contributed by atoms with van der Waals surface area (Å²) in [6.45, 7) is 0.818. The second-order valence-electron chi connectivity index (χ2n) is 7.13. The van der Waals surface area contributed by atoms with Gasteiger partial charge in [0.1, 0.15) is 0 Å². The zero-order valence-electron chi connectivity index (χ0n) is 13.0. The molecule has 0 aromatic heterocycles. The summed E-state index contributed by atoms with van der Waals surface area (Å²) < 4.78 is 5.59. The lowest BCUT2D eigenvalue weighted by molar-refractivity contribution is -0.126. The quantitative estimate of drug-likeness (QED) is 0.927. The van der Waals surface area contributed by atoms with Crippen molar-refractivity contribution in [3.63, 3.8) is 0 Å². The predicted octanol–water partition coefficient (Wildman–Crippen LogP) is 3.25. The van der Waals surface area contributed by atoms with Crippen LogP contribution in [0.15, 0.2) is 30.3 Å². The van der Waals surface area contributed by atoms with Crippen molar-refractivity contribution in [1.29, 1.82) is 0 Å². The number of fused-ring (bicyclic) bond motifs is 1. The van der Waals surface area contributed by atoms with E-state index in [0.29, 0.717) is 24.3 Å². The summed E-state index contributed by atoms with van der Waals surface area (Å²) in [4.78, 5) is 12.4. The minimum atomic E-state index is 0.148. The average Bonchev–Trinajstić information content (AvgIpc) is 3.16. The van der Waals surface area contributed by atoms with Gasteiger partial charge in [-0.05, 0) is 43.1 Å². The fourth-order valence-electron chi connectivity index (χ4n) is 4.88. The molecule has 1 amide bonds. The van der Waals surface area contributed by atoms with Gasteiger partial charge < -0.3 is 10.1 Å². The Balaban J connectivity index is 1.43. The number of amides is 1. The predicted molar refractivity (Wildman–Crippen MR) is 85.5 cm³/mol. The number of ether oxygens (including phenoxy) is 1. The van der Waals surface area contributed by atoms with E-state index in [2.05, 4.69) is 35.6 Å². The van der Waals surface area contributed by atoms with E-state index in [1.807, 2.05) is 0 Å². The lowest BCUT2D eigenvalue weighted by Crippen LogP contribution is -2.56. The van der Waals surface area contributed by atoms with Gasteiger partial charge in [0.25, 0.3) is 0 Å². The van der Waals surface area contributed by atoms with Crippen molar-refractivity contribution in [3.05, 3.63) is 35.9 Å². The molecule has 3 heteroatoms. The largest absolute Gasteiger partial charge is 0.378 e.